The maximum atomic E-state index is 12.5. The zero-order chi connectivity index (χ0) is 20.3. The molecule has 2 atom stereocenters. The molecule has 0 aliphatic heterocycles. The summed E-state index contributed by atoms with van der Waals surface area (Å²) in [5.41, 5.74) is 0.412. The van der Waals surface area contributed by atoms with Crippen molar-refractivity contribution in [3.8, 4) is 0 Å². The summed E-state index contributed by atoms with van der Waals surface area (Å²) in [5.74, 6) is 0.0415. The van der Waals surface area contributed by atoms with Gasteiger partial charge >= 0.3 is 6.55 Å². The molecule has 1 aliphatic rings. The third-order valence-corrected chi connectivity index (χ3v) is 4.61. The summed E-state index contributed by atoms with van der Waals surface area (Å²) in [6, 6.07) is 4.50. The minimum absolute atomic E-state index is 0.0557. The first kappa shape index (κ1) is 19.7. The minimum Gasteiger partial charge on any atom is -0.363 e. The summed E-state index contributed by atoms with van der Waals surface area (Å²) < 4.78 is 25.5. The molecule has 1 fully saturated rings. The number of amides is 2. The number of pyridine rings is 1. The molecule has 1 saturated carbocycles. The van der Waals surface area contributed by atoms with Gasteiger partial charge in [-0.15, -0.1) is 0 Å². The Bertz CT molecular complexity index is 837. The first-order valence-corrected chi connectivity index (χ1v) is 8.92. The largest absolute Gasteiger partial charge is 0.363 e. The van der Waals surface area contributed by atoms with E-state index >= 15 is 0 Å². The van der Waals surface area contributed by atoms with Crippen molar-refractivity contribution >= 4 is 17.6 Å². The highest BCUT2D eigenvalue weighted by atomic mass is 19.3. The normalized spacial score (nSPS) is 18.9. The molecule has 0 radical (unpaired) electrons. The zero-order valence-corrected chi connectivity index (χ0v) is 15.6. The van der Waals surface area contributed by atoms with E-state index in [4.69, 9.17) is 0 Å². The van der Waals surface area contributed by atoms with Gasteiger partial charge < -0.3 is 15.5 Å². The standard InChI is InChI=1S/C18H22F2N6O2/c1-25(2)15-6-3-11(10-21-15)16(27)22-12-4-5-13(9-12)23-17(28)14-7-8-26(24-14)18(19)20/h3,6-8,10,12-13,18H,4-5,9H2,1-2H3,(H,22,27)(H,23,28)/t12-,13+/m1/s1. The Hall–Kier alpha value is -3.04. The first-order valence-electron chi connectivity index (χ1n) is 8.92. The van der Waals surface area contributed by atoms with Gasteiger partial charge in [-0.25, -0.2) is 9.67 Å². The number of aromatic nitrogens is 3. The zero-order valence-electron chi connectivity index (χ0n) is 15.6. The van der Waals surface area contributed by atoms with Crippen molar-refractivity contribution in [1.82, 2.24) is 25.4 Å². The summed E-state index contributed by atoms with van der Waals surface area (Å²) in [4.78, 5) is 30.6. The molecule has 3 rings (SSSR count). The molecule has 2 N–H and O–H groups in total. The topological polar surface area (TPSA) is 92.2 Å². The van der Waals surface area contributed by atoms with Crippen LogP contribution >= 0.6 is 0 Å². The Balaban J connectivity index is 1.50. The van der Waals surface area contributed by atoms with Crippen LogP contribution < -0.4 is 15.5 Å². The number of hydrogen-bond acceptors (Lipinski definition) is 5. The maximum Gasteiger partial charge on any atom is 0.333 e. The lowest BCUT2D eigenvalue weighted by atomic mass is 10.2. The van der Waals surface area contributed by atoms with Crippen LogP contribution in [-0.4, -0.2) is 52.8 Å². The number of halogens is 2. The third kappa shape index (κ3) is 4.62. The quantitative estimate of drug-likeness (QED) is 0.782. The van der Waals surface area contributed by atoms with E-state index in [2.05, 4.69) is 20.7 Å². The van der Waals surface area contributed by atoms with E-state index in [-0.39, 0.29) is 23.7 Å². The van der Waals surface area contributed by atoms with Gasteiger partial charge in [0, 0.05) is 38.6 Å². The molecule has 150 valence electrons. The van der Waals surface area contributed by atoms with E-state index in [9.17, 15) is 18.4 Å². The molecular formula is C18H22F2N6O2. The fourth-order valence-corrected chi connectivity index (χ4v) is 3.12. The molecule has 0 unspecified atom stereocenters. The van der Waals surface area contributed by atoms with Crippen LogP contribution in [0, 0.1) is 0 Å². The highest BCUT2D eigenvalue weighted by Gasteiger charge is 2.28. The molecule has 2 aromatic heterocycles. The summed E-state index contributed by atoms with van der Waals surface area (Å²) >= 11 is 0. The maximum absolute atomic E-state index is 12.5. The fraction of sp³-hybridized carbons (Fsp3) is 0.444. The summed E-state index contributed by atoms with van der Waals surface area (Å²) in [6.45, 7) is -2.78. The molecular weight excluding hydrogens is 370 g/mol. The van der Waals surface area contributed by atoms with Crippen LogP contribution in [0.25, 0.3) is 0 Å². The van der Waals surface area contributed by atoms with E-state index in [1.165, 1.54) is 12.3 Å². The van der Waals surface area contributed by atoms with Gasteiger partial charge in [0.25, 0.3) is 11.8 Å². The predicted molar refractivity (Wildman–Crippen MR) is 98.4 cm³/mol. The fourth-order valence-electron chi connectivity index (χ4n) is 3.12. The average Bonchev–Trinajstić information content (AvgIpc) is 3.31. The van der Waals surface area contributed by atoms with Gasteiger partial charge in [-0.1, -0.05) is 0 Å². The first-order chi connectivity index (χ1) is 13.3. The van der Waals surface area contributed by atoms with Crippen molar-refractivity contribution in [2.24, 2.45) is 0 Å². The molecule has 0 spiro atoms. The lowest BCUT2D eigenvalue weighted by molar-refractivity contribution is 0.0559. The molecule has 8 nitrogen and oxygen atoms in total. The van der Waals surface area contributed by atoms with Crippen LogP contribution in [0.4, 0.5) is 14.6 Å². The highest BCUT2D eigenvalue weighted by Crippen LogP contribution is 2.20. The van der Waals surface area contributed by atoms with Gasteiger partial charge in [-0.2, -0.15) is 13.9 Å². The number of rotatable bonds is 6. The second kappa shape index (κ2) is 8.32. The Morgan fingerprint density at radius 2 is 1.82 bits per heavy atom. The smallest absolute Gasteiger partial charge is 0.333 e. The lowest BCUT2D eigenvalue weighted by Crippen LogP contribution is -2.37. The van der Waals surface area contributed by atoms with Crippen molar-refractivity contribution in [3.63, 3.8) is 0 Å². The number of hydrogen-bond donors (Lipinski definition) is 2. The molecule has 0 bridgehead atoms. The lowest BCUT2D eigenvalue weighted by Gasteiger charge is -2.15. The number of carbonyl (C=O) groups is 2. The van der Waals surface area contributed by atoms with Crippen LogP contribution in [0.1, 0.15) is 46.7 Å². The third-order valence-electron chi connectivity index (χ3n) is 4.61. The van der Waals surface area contributed by atoms with E-state index < -0.39 is 12.5 Å². The van der Waals surface area contributed by atoms with Crippen molar-refractivity contribution in [2.75, 3.05) is 19.0 Å². The number of carbonyl (C=O) groups excluding carboxylic acids is 2. The Morgan fingerprint density at radius 1 is 1.14 bits per heavy atom. The second-order valence-corrected chi connectivity index (χ2v) is 6.91. The molecule has 28 heavy (non-hydrogen) atoms. The van der Waals surface area contributed by atoms with Gasteiger partial charge in [-0.05, 0) is 37.5 Å². The summed E-state index contributed by atoms with van der Waals surface area (Å²) in [6.07, 6.45) is 4.55. The van der Waals surface area contributed by atoms with Crippen molar-refractivity contribution in [3.05, 3.63) is 41.9 Å². The van der Waals surface area contributed by atoms with Crippen LogP contribution in [-0.2, 0) is 0 Å². The molecule has 0 aromatic carbocycles. The van der Waals surface area contributed by atoms with Gasteiger partial charge in [-0.3, -0.25) is 9.59 Å². The van der Waals surface area contributed by atoms with Crippen LogP contribution in [0.5, 0.6) is 0 Å². The van der Waals surface area contributed by atoms with Crippen LogP contribution in [0.3, 0.4) is 0 Å². The van der Waals surface area contributed by atoms with Gasteiger partial charge in [0.05, 0.1) is 5.56 Å². The predicted octanol–water partition coefficient (Wildman–Crippen LogP) is 1.82. The number of nitrogens with one attached hydrogen (secondary N) is 2. The molecule has 2 heterocycles. The molecule has 2 amide bonds. The average molecular weight is 392 g/mol. The molecule has 10 heteroatoms. The Morgan fingerprint density at radius 3 is 2.36 bits per heavy atom. The van der Waals surface area contributed by atoms with Crippen molar-refractivity contribution < 1.29 is 18.4 Å². The Labute approximate surface area is 160 Å². The molecule has 2 aromatic rings. The van der Waals surface area contributed by atoms with Crippen LogP contribution in [0.2, 0.25) is 0 Å². The number of nitrogens with zero attached hydrogens (tertiary/aromatic N) is 4. The minimum atomic E-state index is -2.78. The monoisotopic (exact) mass is 392 g/mol. The van der Waals surface area contributed by atoms with E-state index in [1.807, 2.05) is 19.0 Å². The molecule has 0 saturated heterocycles. The van der Waals surface area contributed by atoms with Crippen molar-refractivity contribution in [1.29, 1.82) is 0 Å². The van der Waals surface area contributed by atoms with Gasteiger partial charge in [0.2, 0.25) is 0 Å². The second-order valence-electron chi connectivity index (χ2n) is 6.91. The summed E-state index contributed by atoms with van der Waals surface area (Å²) in [7, 11) is 3.74. The van der Waals surface area contributed by atoms with Crippen LogP contribution in [0.15, 0.2) is 30.6 Å². The van der Waals surface area contributed by atoms with Gasteiger partial charge in [0.1, 0.15) is 11.5 Å². The van der Waals surface area contributed by atoms with Gasteiger partial charge in [0.15, 0.2) is 0 Å². The van der Waals surface area contributed by atoms with Crippen molar-refractivity contribution in [2.45, 2.75) is 37.9 Å². The van der Waals surface area contributed by atoms with E-state index in [0.717, 1.165) is 12.0 Å². The summed E-state index contributed by atoms with van der Waals surface area (Å²) in [5, 5.41) is 9.28. The Kier molecular flexibility index (Phi) is 5.86. The number of anilines is 1. The SMILES string of the molecule is CN(C)c1ccc(C(=O)N[C@@H]2CC[C@H](NC(=O)c3ccn(C(F)F)n3)C2)cn1. The molecule has 1 aliphatic carbocycles. The highest BCUT2D eigenvalue weighted by molar-refractivity contribution is 5.94. The van der Waals surface area contributed by atoms with E-state index in [1.54, 1.807) is 12.1 Å². The number of alkyl halides is 2. The van der Waals surface area contributed by atoms with E-state index in [0.29, 0.717) is 29.5 Å².